The Labute approximate surface area is 160 Å². The molecule has 5 rings (SSSR count). The Hall–Kier alpha value is -2.68. The zero-order chi connectivity index (χ0) is 19.6. The van der Waals surface area contributed by atoms with Crippen LogP contribution >= 0.6 is 11.6 Å². The number of nitrogens with zero attached hydrogens (tertiary/aromatic N) is 5. The van der Waals surface area contributed by atoms with Crippen molar-refractivity contribution >= 4 is 28.2 Å². The fourth-order valence-electron chi connectivity index (χ4n) is 3.73. The zero-order valence-electron chi connectivity index (χ0n) is 14.2. The van der Waals surface area contributed by atoms with Gasteiger partial charge in [0.1, 0.15) is 17.5 Å². The number of aromatic nitrogens is 5. The van der Waals surface area contributed by atoms with Crippen LogP contribution in [-0.2, 0) is 6.54 Å². The topological polar surface area (TPSA) is 48.0 Å². The number of fused-ring (bicyclic) bond motifs is 2. The van der Waals surface area contributed by atoms with Crippen LogP contribution in [0.15, 0.2) is 36.9 Å². The third-order valence-corrected chi connectivity index (χ3v) is 5.20. The molecule has 0 radical (unpaired) electrons. The highest BCUT2D eigenvalue weighted by Gasteiger charge is 2.42. The Morgan fingerprint density at radius 3 is 2.79 bits per heavy atom. The molecule has 1 aliphatic carbocycles. The quantitative estimate of drug-likeness (QED) is 0.461. The minimum absolute atomic E-state index is 0.000615. The molecule has 10 heteroatoms. The third kappa shape index (κ3) is 2.90. The fraction of sp³-hybridized carbons (Fsp3) is 0.278. The van der Waals surface area contributed by atoms with Crippen molar-refractivity contribution in [1.82, 2.24) is 24.1 Å². The Kier molecular flexibility index (Phi) is 3.67. The lowest BCUT2D eigenvalue weighted by Gasteiger charge is -2.09. The average Bonchev–Trinajstić information content (AvgIpc) is 3.18. The van der Waals surface area contributed by atoms with E-state index in [2.05, 4.69) is 15.1 Å². The van der Waals surface area contributed by atoms with E-state index in [-0.39, 0.29) is 22.7 Å². The van der Waals surface area contributed by atoms with Gasteiger partial charge in [0, 0.05) is 42.0 Å². The highest BCUT2D eigenvalue weighted by molar-refractivity contribution is 6.29. The molecule has 4 heterocycles. The van der Waals surface area contributed by atoms with Gasteiger partial charge < -0.3 is 4.57 Å². The van der Waals surface area contributed by atoms with Gasteiger partial charge in [-0.15, -0.1) is 0 Å². The molecule has 0 unspecified atom stereocenters. The summed E-state index contributed by atoms with van der Waals surface area (Å²) in [5, 5.41) is 4.55. The average molecular weight is 410 g/mol. The minimum Gasteiger partial charge on any atom is -0.335 e. The first kappa shape index (κ1) is 17.4. The minimum atomic E-state index is -4.44. The van der Waals surface area contributed by atoms with Crippen LogP contribution in [0.5, 0.6) is 0 Å². The Bertz CT molecular complexity index is 1210. The van der Waals surface area contributed by atoms with Crippen LogP contribution in [0.4, 0.5) is 17.6 Å². The highest BCUT2D eigenvalue weighted by Crippen LogP contribution is 2.55. The van der Waals surface area contributed by atoms with Gasteiger partial charge in [0.05, 0.1) is 10.9 Å². The van der Waals surface area contributed by atoms with Gasteiger partial charge in [-0.2, -0.15) is 18.3 Å². The van der Waals surface area contributed by atoms with Crippen LogP contribution in [0, 0.1) is 5.82 Å². The molecular weight excluding hydrogens is 398 g/mol. The number of alkyl halides is 3. The first-order valence-electron chi connectivity index (χ1n) is 8.51. The smallest absolute Gasteiger partial charge is 0.335 e. The van der Waals surface area contributed by atoms with Crippen molar-refractivity contribution in [3.8, 4) is 0 Å². The molecule has 1 fully saturated rings. The van der Waals surface area contributed by atoms with Crippen LogP contribution < -0.4 is 0 Å². The monoisotopic (exact) mass is 409 g/mol. The van der Waals surface area contributed by atoms with Crippen molar-refractivity contribution < 1.29 is 17.6 Å². The van der Waals surface area contributed by atoms with Gasteiger partial charge in [0.25, 0.3) is 0 Å². The number of hydrogen-bond donors (Lipinski definition) is 0. The van der Waals surface area contributed by atoms with Crippen molar-refractivity contribution in [1.29, 1.82) is 0 Å². The summed E-state index contributed by atoms with van der Waals surface area (Å²) >= 11 is 6.08. The molecule has 28 heavy (non-hydrogen) atoms. The molecule has 0 bridgehead atoms. The van der Waals surface area contributed by atoms with E-state index in [0.29, 0.717) is 16.5 Å². The second-order valence-corrected chi connectivity index (χ2v) is 7.30. The normalized spacial score (nSPS) is 19.6. The molecule has 1 saturated carbocycles. The predicted molar refractivity (Wildman–Crippen MR) is 93.8 cm³/mol. The molecule has 2 atom stereocenters. The predicted octanol–water partition coefficient (Wildman–Crippen LogP) is 4.70. The second-order valence-electron chi connectivity index (χ2n) is 6.91. The van der Waals surface area contributed by atoms with Crippen molar-refractivity contribution in [3.63, 3.8) is 0 Å². The summed E-state index contributed by atoms with van der Waals surface area (Å²) in [6.07, 6.45) is 1.79. The fourth-order valence-corrected chi connectivity index (χ4v) is 3.93. The van der Waals surface area contributed by atoms with Crippen molar-refractivity contribution in [2.75, 3.05) is 0 Å². The molecular formula is C18H12ClF4N5. The molecule has 0 saturated heterocycles. The van der Waals surface area contributed by atoms with Crippen molar-refractivity contribution in [3.05, 3.63) is 59.1 Å². The Morgan fingerprint density at radius 1 is 1.18 bits per heavy atom. The number of pyridine rings is 1. The van der Waals surface area contributed by atoms with Crippen LogP contribution in [0.1, 0.15) is 29.5 Å². The Morgan fingerprint density at radius 2 is 2.00 bits per heavy atom. The maximum atomic E-state index is 14.0. The zero-order valence-corrected chi connectivity index (χ0v) is 14.9. The summed E-state index contributed by atoms with van der Waals surface area (Å²) in [7, 11) is 0. The maximum Gasteiger partial charge on any atom is 0.406 e. The van der Waals surface area contributed by atoms with Gasteiger partial charge in [0.2, 0.25) is 0 Å². The van der Waals surface area contributed by atoms with Gasteiger partial charge in [-0.05, 0) is 24.5 Å². The summed E-state index contributed by atoms with van der Waals surface area (Å²) in [4.78, 5) is 8.59. The summed E-state index contributed by atoms with van der Waals surface area (Å²) in [6, 6.07) is 3.29. The maximum absolute atomic E-state index is 14.0. The van der Waals surface area contributed by atoms with Crippen LogP contribution in [-0.4, -0.2) is 30.3 Å². The highest BCUT2D eigenvalue weighted by atomic mass is 35.5. The van der Waals surface area contributed by atoms with Crippen LogP contribution in [0.2, 0.25) is 5.15 Å². The van der Waals surface area contributed by atoms with E-state index in [1.165, 1.54) is 6.20 Å². The molecule has 5 nitrogen and oxygen atoms in total. The Balaban J connectivity index is 1.52. The summed E-state index contributed by atoms with van der Waals surface area (Å²) in [5.41, 5.74) is 2.40. The number of halogens is 5. The van der Waals surface area contributed by atoms with E-state index in [4.69, 9.17) is 11.6 Å². The molecule has 1 aliphatic rings. The molecule has 0 aliphatic heterocycles. The van der Waals surface area contributed by atoms with Gasteiger partial charge in [-0.1, -0.05) is 11.6 Å². The molecule has 4 aromatic rings. The second kappa shape index (κ2) is 5.91. The van der Waals surface area contributed by atoms with Gasteiger partial charge >= 0.3 is 6.18 Å². The van der Waals surface area contributed by atoms with E-state index >= 15 is 0 Å². The number of rotatable bonds is 3. The lowest BCUT2D eigenvalue weighted by Crippen LogP contribution is -2.16. The summed E-state index contributed by atoms with van der Waals surface area (Å²) in [5.74, 6) is -0.641. The summed E-state index contributed by atoms with van der Waals surface area (Å²) < 4.78 is 54.9. The first-order chi connectivity index (χ1) is 13.3. The standard InChI is InChI=1S/C18H12ClF4N5/c19-16-4-11(17-24-1-2-28(17)26-16)9-3-10(9)14-5-15-12(6-25-14)13(20)7-27(15)8-18(21,22)23/h1-2,4-7,9-10H,3,8H2/t9-,10-/m0/s1. The van der Waals surface area contributed by atoms with Crippen molar-refractivity contribution in [2.45, 2.75) is 31.0 Å². The molecule has 0 amide bonds. The lowest BCUT2D eigenvalue weighted by atomic mass is 10.1. The van der Waals surface area contributed by atoms with Gasteiger partial charge in [-0.3, -0.25) is 4.98 Å². The first-order valence-corrected chi connectivity index (χ1v) is 8.89. The number of imidazole rings is 1. The van der Waals surface area contributed by atoms with Gasteiger partial charge in [-0.25, -0.2) is 13.9 Å². The lowest BCUT2D eigenvalue weighted by molar-refractivity contribution is -0.139. The van der Waals surface area contributed by atoms with Crippen LogP contribution in [0.25, 0.3) is 16.6 Å². The van der Waals surface area contributed by atoms with Crippen LogP contribution in [0.3, 0.4) is 0 Å². The van der Waals surface area contributed by atoms with Crippen molar-refractivity contribution in [2.24, 2.45) is 0 Å². The van der Waals surface area contributed by atoms with E-state index in [9.17, 15) is 17.6 Å². The molecule has 0 aromatic carbocycles. The molecule has 0 spiro atoms. The van der Waals surface area contributed by atoms with Gasteiger partial charge in [0.15, 0.2) is 5.65 Å². The molecule has 144 valence electrons. The van der Waals surface area contributed by atoms with E-state index in [0.717, 1.165) is 22.7 Å². The van der Waals surface area contributed by atoms with E-state index in [1.807, 2.05) is 0 Å². The third-order valence-electron chi connectivity index (χ3n) is 5.02. The molecule has 4 aromatic heterocycles. The largest absolute Gasteiger partial charge is 0.406 e. The summed E-state index contributed by atoms with van der Waals surface area (Å²) in [6.45, 7) is -1.25. The SMILES string of the molecule is Fc1cn(CC(F)(F)F)c2cc([C@H]3C[C@@H]3c3cc(Cl)nn4ccnc34)ncc12. The molecule has 0 N–H and O–H groups in total. The number of hydrogen-bond acceptors (Lipinski definition) is 3. The van der Waals surface area contributed by atoms with E-state index < -0.39 is 18.5 Å². The van der Waals surface area contributed by atoms with E-state index in [1.54, 1.807) is 29.0 Å².